The SMILES string of the molecule is Bc1ccccc1CNS(=O)(=O)c1cc(Cl)cc(Cl)c1O. The van der Waals surface area contributed by atoms with Crippen molar-refractivity contribution in [1.82, 2.24) is 4.72 Å². The number of hydrogen-bond acceptors (Lipinski definition) is 3. The van der Waals surface area contributed by atoms with E-state index in [0.29, 0.717) is 0 Å². The third-order valence-electron chi connectivity index (χ3n) is 3.00. The molecule has 2 aromatic rings. The number of hydrogen-bond donors (Lipinski definition) is 2. The minimum Gasteiger partial charge on any atom is -0.505 e. The van der Waals surface area contributed by atoms with Crippen LogP contribution in [0.2, 0.25) is 10.0 Å². The standard InChI is InChI=1S/C13H12BCl2NO3S/c14-10-4-2-1-3-8(10)7-17-21(19,20)12-6-9(15)5-11(16)13(12)18/h1-6,17-18H,7,14H2. The Balaban J connectivity index is 2.30. The van der Waals surface area contributed by atoms with Crippen LogP contribution in [-0.4, -0.2) is 21.4 Å². The molecule has 0 unspecified atom stereocenters. The van der Waals surface area contributed by atoms with Gasteiger partial charge in [0, 0.05) is 11.6 Å². The molecular weight excluding hydrogens is 332 g/mol. The molecule has 0 spiro atoms. The highest BCUT2D eigenvalue weighted by Crippen LogP contribution is 2.33. The normalized spacial score (nSPS) is 11.5. The highest BCUT2D eigenvalue weighted by molar-refractivity contribution is 7.89. The van der Waals surface area contributed by atoms with Crippen molar-refractivity contribution >= 4 is 46.5 Å². The minimum atomic E-state index is -3.92. The van der Waals surface area contributed by atoms with Gasteiger partial charge in [-0.1, -0.05) is 52.9 Å². The number of nitrogens with one attached hydrogen (secondary N) is 1. The van der Waals surface area contributed by atoms with E-state index < -0.39 is 15.8 Å². The average Bonchev–Trinajstić information content (AvgIpc) is 2.42. The summed E-state index contributed by atoms with van der Waals surface area (Å²) in [5, 5.41) is 9.82. The molecule has 4 nitrogen and oxygen atoms in total. The van der Waals surface area contributed by atoms with Crippen molar-refractivity contribution in [3.05, 3.63) is 52.0 Å². The fourth-order valence-electron chi connectivity index (χ4n) is 1.81. The van der Waals surface area contributed by atoms with Gasteiger partial charge in [0.05, 0.1) is 5.02 Å². The van der Waals surface area contributed by atoms with E-state index in [0.717, 1.165) is 17.1 Å². The zero-order chi connectivity index (χ0) is 15.6. The van der Waals surface area contributed by atoms with Crippen LogP contribution in [0.15, 0.2) is 41.3 Å². The first-order valence-electron chi connectivity index (χ1n) is 6.03. The van der Waals surface area contributed by atoms with Gasteiger partial charge in [0.1, 0.15) is 12.7 Å². The van der Waals surface area contributed by atoms with E-state index in [9.17, 15) is 13.5 Å². The molecule has 0 saturated carbocycles. The maximum absolute atomic E-state index is 12.3. The van der Waals surface area contributed by atoms with Gasteiger partial charge in [0.25, 0.3) is 0 Å². The fourth-order valence-corrected chi connectivity index (χ4v) is 3.57. The zero-order valence-corrected chi connectivity index (χ0v) is 13.4. The Morgan fingerprint density at radius 3 is 2.52 bits per heavy atom. The van der Waals surface area contributed by atoms with Gasteiger partial charge in [-0.3, -0.25) is 0 Å². The van der Waals surface area contributed by atoms with E-state index >= 15 is 0 Å². The molecule has 0 bridgehead atoms. The molecule has 0 aliphatic heterocycles. The van der Waals surface area contributed by atoms with E-state index in [-0.39, 0.29) is 21.5 Å². The van der Waals surface area contributed by atoms with Crippen LogP contribution >= 0.6 is 23.2 Å². The predicted molar refractivity (Wildman–Crippen MR) is 86.8 cm³/mol. The summed E-state index contributed by atoms with van der Waals surface area (Å²) in [5.41, 5.74) is 1.81. The van der Waals surface area contributed by atoms with E-state index in [1.54, 1.807) is 0 Å². The lowest BCUT2D eigenvalue weighted by Gasteiger charge is -2.11. The van der Waals surface area contributed by atoms with Crippen molar-refractivity contribution in [2.75, 3.05) is 0 Å². The number of phenols is 1. The third kappa shape index (κ3) is 3.71. The molecule has 110 valence electrons. The van der Waals surface area contributed by atoms with Crippen molar-refractivity contribution in [3.8, 4) is 5.75 Å². The highest BCUT2D eigenvalue weighted by atomic mass is 35.5. The first-order chi connectivity index (χ1) is 9.81. The zero-order valence-electron chi connectivity index (χ0n) is 11.1. The molecule has 2 N–H and O–H groups in total. The minimum absolute atomic E-state index is 0.110. The number of sulfonamides is 1. The van der Waals surface area contributed by atoms with Gasteiger partial charge >= 0.3 is 0 Å². The fraction of sp³-hybridized carbons (Fsp3) is 0.0769. The van der Waals surface area contributed by atoms with Crippen LogP contribution in [0.1, 0.15) is 5.56 Å². The quantitative estimate of drug-likeness (QED) is 0.825. The van der Waals surface area contributed by atoms with Gasteiger partial charge in [-0.25, -0.2) is 13.1 Å². The summed E-state index contributed by atoms with van der Waals surface area (Å²) in [6.45, 7) is 0.110. The second-order valence-electron chi connectivity index (χ2n) is 4.49. The number of rotatable bonds is 4. The Kier molecular flexibility index (Phi) is 4.83. The van der Waals surface area contributed by atoms with Gasteiger partial charge in [0.2, 0.25) is 10.0 Å². The number of benzene rings is 2. The van der Waals surface area contributed by atoms with Crippen LogP contribution < -0.4 is 10.2 Å². The Morgan fingerprint density at radius 1 is 1.19 bits per heavy atom. The number of phenolic OH excluding ortho intramolecular Hbond substituents is 1. The molecule has 0 radical (unpaired) electrons. The number of aromatic hydroxyl groups is 1. The molecule has 0 aliphatic carbocycles. The van der Waals surface area contributed by atoms with E-state index in [1.807, 2.05) is 32.1 Å². The average molecular weight is 344 g/mol. The second kappa shape index (κ2) is 6.28. The molecule has 0 atom stereocenters. The molecular formula is C13H12BCl2NO3S. The lowest BCUT2D eigenvalue weighted by atomic mass is 9.91. The van der Waals surface area contributed by atoms with Gasteiger partial charge in [-0.05, 0) is 17.7 Å². The lowest BCUT2D eigenvalue weighted by molar-refractivity contribution is 0.458. The Hall–Kier alpha value is -1.21. The molecule has 0 aliphatic rings. The molecule has 8 heteroatoms. The molecule has 2 aromatic carbocycles. The van der Waals surface area contributed by atoms with Crippen LogP contribution in [0, 0.1) is 0 Å². The molecule has 21 heavy (non-hydrogen) atoms. The van der Waals surface area contributed by atoms with E-state index in [1.165, 1.54) is 6.07 Å². The van der Waals surface area contributed by atoms with E-state index in [4.69, 9.17) is 23.2 Å². The monoisotopic (exact) mass is 343 g/mol. The summed E-state index contributed by atoms with van der Waals surface area (Å²) < 4.78 is 26.9. The molecule has 0 aromatic heterocycles. The molecule has 0 saturated heterocycles. The summed E-state index contributed by atoms with van der Waals surface area (Å²) in [6.07, 6.45) is 0. The predicted octanol–water partition coefficient (Wildman–Crippen LogP) is 1.44. The van der Waals surface area contributed by atoms with Gasteiger partial charge < -0.3 is 5.11 Å². The molecule has 0 heterocycles. The topological polar surface area (TPSA) is 66.4 Å². The summed E-state index contributed by atoms with van der Waals surface area (Å²) in [4.78, 5) is -0.339. The van der Waals surface area contributed by atoms with Crippen LogP contribution in [0.3, 0.4) is 0 Å². The van der Waals surface area contributed by atoms with Crippen molar-refractivity contribution in [3.63, 3.8) is 0 Å². The van der Waals surface area contributed by atoms with E-state index in [2.05, 4.69) is 4.72 Å². The molecule has 0 amide bonds. The second-order valence-corrected chi connectivity index (χ2v) is 7.06. The summed E-state index contributed by atoms with van der Waals surface area (Å²) in [5.74, 6) is -0.515. The van der Waals surface area contributed by atoms with Crippen molar-refractivity contribution in [2.24, 2.45) is 0 Å². The first kappa shape index (κ1) is 16.2. The van der Waals surface area contributed by atoms with Gasteiger partial charge in [-0.2, -0.15) is 0 Å². The van der Waals surface area contributed by atoms with Crippen LogP contribution in [0.25, 0.3) is 0 Å². The van der Waals surface area contributed by atoms with Crippen molar-refractivity contribution in [1.29, 1.82) is 0 Å². The molecule has 2 rings (SSSR count). The Labute approximate surface area is 134 Å². The van der Waals surface area contributed by atoms with Crippen molar-refractivity contribution in [2.45, 2.75) is 11.4 Å². The summed E-state index contributed by atoms with van der Waals surface area (Å²) in [6, 6.07) is 9.84. The first-order valence-corrected chi connectivity index (χ1v) is 8.27. The van der Waals surface area contributed by atoms with Crippen LogP contribution in [0.5, 0.6) is 5.75 Å². The smallest absolute Gasteiger partial charge is 0.244 e. The third-order valence-corrected chi connectivity index (χ3v) is 4.92. The van der Waals surface area contributed by atoms with Gasteiger partial charge in [-0.15, -0.1) is 0 Å². The molecule has 0 fully saturated rings. The summed E-state index contributed by atoms with van der Waals surface area (Å²) >= 11 is 11.5. The maximum atomic E-state index is 12.3. The Morgan fingerprint density at radius 2 is 1.86 bits per heavy atom. The van der Waals surface area contributed by atoms with Crippen LogP contribution in [0.4, 0.5) is 0 Å². The maximum Gasteiger partial charge on any atom is 0.244 e. The van der Waals surface area contributed by atoms with Gasteiger partial charge in [0.15, 0.2) is 5.75 Å². The lowest BCUT2D eigenvalue weighted by Crippen LogP contribution is -2.26. The van der Waals surface area contributed by atoms with Crippen molar-refractivity contribution < 1.29 is 13.5 Å². The Bertz CT molecular complexity index is 781. The highest BCUT2D eigenvalue weighted by Gasteiger charge is 2.21. The van der Waals surface area contributed by atoms with Crippen LogP contribution in [-0.2, 0) is 16.6 Å². The summed E-state index contributed by atoms with van der Waals surface area (Å²) in [7, 11) is -2.03. The largest absolute Gasteiger partial charge is 0.505 e. The number of halogens is 2.